The van der Waals surface area contributed by atoms with Crippen molar-refractivity contribution in [3.8, 4) is 0 Å². The predicted molar refractivity (Wildman–Crippen MR) is 80.6 cm³/mol. The Labute approximate surface area is 124 Å². The molecule has 0 unspecified atom stereocenters. The fourth-order valence-corrected chi connectivity index (χ4v) is 3.01. The highest BCUT2D eigenvalue weighted by Gasteiger charge is 2.29. The number of nitrogens with zero attached hydrogens (tertiary/aromatic N) is 1. The molecule has 0 aliphatic rings. The first-order chi connectivity index (χ1) is 8.97. The molecule has 0 aliphatic heterocycles. The zero-order valence-electron chi connectivity index (χ0n) is 13.6. The molecular formula is C14H31NO4S. The average Bonchev–Trinajstić information content (AvgIpc) is 2.20. The molecule has 0 heterocycles. The maximum Gasteiger partial charge on any atom is 0.111 e. The van der Waals surface area contributed by atoms with Crippen molar-refractivity contribution in [2.45, 2.75) is 52.1 Å². The van der Waals surface area contributed by atoms with Gasteiger partial charge in [-0.05, 0) is 20.3 Å². The summed E-state index contributed by atoms with van der Waals surface area (Å²) < 4.78 is 38.4. The molecule has 0 aliphatic carbocycles. The van der Waals surface area contributed by atoms with Crippen LogP contribution >= 0.6 is 0 Å². The lowest BCUT2D eigenvalue weighted by atomic mass is 10.1. The number of hydrogen-bond donors (Lipinski definition) is 0. The topological polar surface area (TPSA) is 66.4 Å². The van der Waals surface area contributed by atoms with E-state index in [0.717, 1.165) is 19.6 Å². The molecule has 0 aromatic heterocycles. The molecule has 0 fully saturated rings. The molecule has 20 heavy (non-hydrogen) atoms. The zero-order valence-corrected chi connectivity index (χ0v) is 14.5. The van der Waals surface area contributed by atoms with Crippen LogP contribution in [0.2, 0.25) is 0 Å². The van der Waals surface area contributed by atoms with E-state index in [4.69, 9.17) is 4.74 Å². The summed E-state index contributed by atoms with van der Waals surface area (Å²) in [5, 5.41) is 0. The van der Waals surface area contributed by atoms with Crippen molar-refractivity contribution in [3.63, 3.8) is 0 Å². The second-order valence-electron chi connectivity index (χ2n) is 6.75. The second kappa shape index (κ2) is 8.32. The van der Waals surface area contributed by atoms with Crippen molar-refractivity contribution in [1.82, 2.24) is 0 Å². The molecule has 5 nitrogen and oxygen atoms in total. The van der Waals surface area contributed by atoms with Crippen LogP contribution in [0.1, 0.15) is 46.5 Å². The first-order valence-corrected chi connectivity index (χ1v) is 8.95. The van der Waals surface area contributed by atoms with Gasteiger partial charge in [-0.15, -0.1) is 0 Å². The first-order valence-electron chi connectivity index (χ1n) is 7.37. The van der Waals surface area contributed by atoms with Crippen LogP contribution in [-0.4, -0.2) is 62.6 Å². The van der Waals surface area contributed by atoms with Gasteiger partial charge in [-0.1, -0.05) is 19.8 Å². The van der Waals surface area contributed by atoms with Crippen LogP contribution in [0.4, 0.5) is 0 Å². The number of ether oxygens (including phenoxy) is 1. The Morgan fingerprint density at radius 2 is 1.75 bits per heavy atom. The van der Waals surface area contributed by atoms with Crippen LogP contribution in [-0.2, 0) is 14.9 Å². The lowest BCUT2D eigenvalue weighted by Gasteiger charge is -2.37. The van der Waals surface area contributed by atoms with E-state index in [1.807, 2.05) is 14.1 Å². The molecule has 0 rings (SSSR count). The van der Waals surface area contributed by atoms with Crippen molar-refractivity contribution < 1.29 is 22.2 Å². The summed E-state index contributed by atoms with van der Waals surface area (Å²) in [5.41, 5.74) is -0.242. The van der Waals surface area contributed by atoms with Gasteiger partial charge in [-0.3, -0.25) is 0 Å². The molecule has 0 aromatic rings. The SMILES string of the molecule is CCCCCOC(C)(C)C[N+](C)(C)CCCS(=O)(=O)[O-]. The van der Waals surface area contributed by atoms with Crippen molar-refractivity contribution in [3.05, 3.63) is 0 Å². The quantitative estimate of drug-likeness (QED) is 0.332. The van der Waals surface area contributed by atoms with Gasteiger partial charge >= 0.3 is 0 Å². The number of quaternary nitrogens is 1. The van der Waals surface area contributed by atoms with Crippen LogP contribution in [0.25, 0.3) is 0 Å². The fourth-order valence-electron chi connectivity index (χ4n) is 2.53. The lowest BCUT2D eigenvalue weighted by Crippen LogP contribution is -2.51. The predicted octanol–water partition coefficient (Wildman–Crippen LogP) is 1.98. The van der Waals surface area contributed by atoms with E-state index >= 15 is 0 Å². The van der Waals surface area contributed by atoms with Crippen LogP contribution in [0.5, 0.6) is 0 Å². The molecule has 0 bridgehead atoms. The number of unbranched alkanes of at least 4 members (excludes halogenated alkanes) is 2. The highest BCUT2D eigenvalue weighted by atomic mass is 32.2. The van der Waals surface area contributed by atoms with Gasteiger partial charge in [-0.2, -0.15) is 0 Å². The largest absolute Gasteiger partial charge is 0.748 e. The summed E-state index contributed by atoms with van der Waals surface area (Å²) in [6, 6.07) is 0. The van der Waals surface area contributed by atoms with E-state index in [9.17, 15) is 13.0 Å². The van der Waals surface area contributed by atoms with Crippen LogP contribution in [0.15, 0.2) is 0 Å². The third kappa shape index (κ3) is 11.6. The van der Waals surface area contributed by atoms with E-state index in [2.05, 4.69) is 20.8 Å². The zero-order chi connectivity index (χ0) is 15.9. The molecule has 0 radical (unpaired) electrons. The monoisotopic (exact) mass is 309 g/mol. The van der Waals surface area contributed by atoms with E-state index in [-0.39, 0.29) is 11.4 Å². The van der Waals surface area contributed by atoms with Gasteiger partial charge in [0.1, 0.15) is 12.1 Å². The normalized spacial score (nSPS) is 13.7. The third-order valence-corrected chi connectivity index (χ3v) is 4.00. The smallest absolute Gasteiger partial charge is 0.111 e. The fraction of sp³-hybridized carbons (Fsp3) is 1.00. The summed E-state index contributed by atoms with van der Waals surface area (Å²) in [5.74, 6) is -0.285. The maximum atomic E-state index is 10.6. The van der Waals surface area contributed by atoms with Gasteiger partial charge in [0.05, 0.1) is 30.8 Å². The maximum absolute atomic E-state index is 10.6. The van der Waals surface area contributed by atoms with E-state index in [1.165, 1.54) is 12.8 Å². The molecular weight excluding hydrogens is 278 g/mol. The van der Waals surface area contributed by atoms with Gasteiger partial charge in [0, 0.05) is 18.8 Å². The Morgan fingerprint density at radius 1 is 1.15 bits per heavy atom. The molecule has 0 saturated carbocycles. The second-order valence-corrected chi connectivity index (χ2v) is 8.27. The Bertz CT molecular complexity index is 363. The van der Waals surface area contributed by atoms with E-state index < -0.39 is 10.1 Å². The van der Waals surface area contributed by atoms with Crippen LogP contribution < -0.4 is 0 Å². The van der Waals surface area contributed by atoms with Gasteiger partial charge in [0.25, 0.3) is 0 Å². The molecule has 122 valence electrons. The minimum atomic E-state index is -4.10. The Morgan fingerprint density at radius 3 is 2.25 bits per heavy atom. The van der Waals surface area contributed by atoms with Crippen LogP contribution in [0.3, 0.4) is 0 Å². The van der Waals surface area contributed by atoms with Gasteiger partial charge in [-0.25, -0.2) is 8.42 Å². The van der Waals surface area contributed by atoms with Gasteiger partial charge < -0.3 is 13.8 Å². The van der Waals surface area contributed by atoms with E-state index in [1.54, 1.807) is 0 Å². The van der Waals surface area contributed by atoms with E-state index in [0.29, 0.717) is 17.4 Å². The first kappa shape index (κ1) is 19.8. The number of rotatable bonds is 11. The minimum absolute atomic E-state index is 0.242. The summed E-state index contributed by atoms with van der Waals surface area (Å²) >= 11 is 0. The number of hydrogen-bond acceptors (Lipinski definition) is 4. The molecule has 0 amide bonds. The molecule has 0 aromatic carbocycles. The Hall–Kier alpha value is -0.170. The highest BCUT2D eigenvalue weighted by molar-refractivity contribution is 7.85. The summed E-state index contributed by atoms with van der Waals surface area (Å²) in [6.45, 7) is 8.48. The minimum Gasteiger partial charge on any atom is -0.748 e. The summed E-state index contributed by atoms with van der Waals surface area (Å²) in [6.07, 6.45) is 3.82. The summed E-state index contributed by atoms with van der Waals surface area (Å²) in [4.78, 5) is 0. The van der Waals surface area contributed by atoms with Crippen molar-refractivity contribution in [2.24, 2.45) is 0 Å². The Balaban J connectivity index is 4.14. The van der Waals surface area contributed by atoms with Crippen molar-refractivity contribution in [2.75, 3.05) is 39.5 Å². The lowest BCUT2D eigenvalue weighted by molar-refractivity contribution is -0.896. The standard InChI is InChI=1S/C14H31NO4S/c1-6-7-8-11-19-14(2,3)13-15(4,5)10-9-12-20(16,17)18/h6-13H2,1-5H3. The third-order valence-electron chi connectivity index (χ3n) is 3.21. The van der Waals surface area contributed by atoms with Gasteiger partial charge in [0.15, 0.2) is 0 Å². The average molecular weight is 309 g/mol. The molecule has 0 N–H and O–H groups in total. The summed E-state index contributed by atoms with van der Waals surface area (Å²) in [7, 11) is -0.0294. The van der Waals surface area contributed by atoms with Crippen molar-refractivity contribution in [1.29, 1.82) is 0 Å². The molecule has 0 spiro atoms. The van der Waals surface area contributed by atoms with Crippen LogP contribution in [0, 0.1) is 0 Å². The molecule has 0 saturated heterocycles. The molecule has 0 atom stereocenters. The molecule has 6 heteroatoms. The van der Waals surface area contributed by atoms with Crippen molar-refractivity contribution >= 4 is 10.1 Å². The highest BCUT2D eigenvalue weighted by Crippen LogP contribution is 2.16. The van der Waals surface area contributed by atoms with Gasteiger partial charge in [0.2, 0.25) is 0 Å². The Kier molecular flexibility index (Phi) is 8.25. The number of likely N-dealkylation sites (N-methyl/N-ethyl adjacent to an activating group) is 1.